The lowest BCUT2D eigenvalue weighted by Gasteiger charge is -1.95. The van der Waals surface area contributed by atoms with Gasteiger partial charge in [-0.05, 0) is 13.7 Å². The molecular formula is C4H9BO2. The average molecular weight is 99.9 g/mol. The van der Waals surface area contributed by atoms with E-state index in [1.165, 1.54) is 0 Å². The molecule has 0 saturated carbocycles. The van der Waals surface area contributed by atoms with Crippen LogP contribution in [-0.2, 0) is 9.31 Å². The molecule has 0 aromatic rings. The van der Waals surface area contributed by atoms with E-state index >= 15 is 0 Å². The van der Waals surface area contributed by atoms with E-state index in [9.17, 15) is 0 Å². The van der Waals surface area contributed by atoms with Gasteiger partial charge in [-0.15, -0.1) is 0 Å². The summed E-state index contributed by atoms with van der Waals surface area (Å²) in [5.41, 5.74) is 0. The van der Waals surface area contributed by atoms with Crippen molar-refractivity contribution in [1.82, 2.24) is 0 Å². The Labute approximate surface area is 43.9 Å². The van der Waals surface area contributed by atoms with Crippen LogP contribution < -0.4 is 0 Å². The zero-order chi connectivity index (χ0) is 5.28. The molecule has 1 aliphatic heterocycles. The molecule has 0 spiro atoms. The molecule has 0 aromatic heterocycles. The number of hydrogen-bond donors (Lipinski definition) is 0. The third-order valence-corrected chi connectivity index (χ3v) is 0.990. The van der Waals surface area contributed by atoms with E-state index in [-0.39, 0.29) is 7.12 Å². The van der Waals surface area contributed by atoms with Gasteiger partial charge >= 0.3 is 7.12 Å². The lowest BCUT2D eigenvalue weighted by Crippen LogP contribution is -2.08. The zero-order valence-electron chi connectivity index (χ0n) is 4.68. The first kappa shape index (κ1) is 5.13. The van der Waals surface area contributed by atoms with Gasteiger partial charge in [-0.2, -0.15) is 0 Å². The van der Waals surface area contributed by atoms with Crippen LogP contribution in [0.1, 0.15) is 6.92 Å². The van der Waals surface area contributed by atoms with Gasteiger partial charge in [0.1, 0.15) is 0 Å². The highest BCUT2D eigenvalue weighted by atomic mass is 16.6. The predicted molar refractivity (Wildman–Crippen MR) is 28.1 cm³/mol. The molecule has 0 aromatic carbocycles. The van der Waals surface area contributed by atoms with Crippen molar-refractivity contribution in [2.75, 3.05) is 6.61 Å². The first-order valence-corrected chi connectivity index (χ1v) is 2.56. The zero-order valence-corrected chi connectivity index (χ0v) is 4.68. The second-order valence-electron chi connectivity index (χ2n) is 1.85. The summed E-state index contributed by atoms with van der Waals surface area (Å²) in [6.45, 7) is 4.66. The summed E-state index contributed by atoms with van der Waals surface area (Å²) in [5, 5.41) is 0. The van der Waals surface area contributed by atoms with Crippen LogP contribution in [-0.4, -0.2) is 19.8 Å². The van der Waals surface area contributed by atoms with E-state index in [1.54, 1.807) is 0 Å². The van der Waals surface area contributed by atoms with Crippen molar-refractivity contribution in [2.24, 2.45) is 0 Å². The number of hydrogen-bond acceptors (Lipinski definition) is 2. The number of rotatable bonds is 0. The summed E-state index contributed by atoms with van der Waals surface area (Å²) in [6, 6.07) is 0. The van der Waals surface area contributed by atoms with Gasteiger partial charge in [-0.25, -0.2) is 0 Å². The third-order valence-electron chi connectivity index (χ3n) is 0.990. The second-order valence-corrected chi connectivity index (χ2v) is 1.85. The first-order valence-electron chi connectivity index (χ1n) is 2.56. The summed E-state index contributed by atoms with van der Waals surface area (Å²) in [5.74, 6) is 0. The molecule has 0 aliphatic carbocycles. The molecule has 1 fully saturated rings. The third kappa shape index (κ3) is 1.18. The van der Waals surface area contributed by atoms with Crippen molar-refractivity contribution in [1.29, 1.82) is 0 Å². The molecule has 3 heteroatoms. The molecule has 1 aliphatic rings. The molecule has 1 saturated heterocycles. The maximum Gasteiger partial charge on any atom is 0.453 e. The first-order chi connectivity index (χ1) is 3.29. The van der Waals surface area contributed by atoms with Gasteiger partial charge in [-0.1, -0.05) is 0 Å². The fourth-order valence-electron chi connectivity index (χ4n) is 0.677. The Hall–Kier alpha value is -0.0151. The van der Waals surface area contributed by atoms with E-state index in [0.29, 0.717) is 6.10 Å². The summed E-state index contributed by atoms with van der Waals surface area (Å²) < 4.78 is 10.2. The van der Waals surface area contributed by atoms with Crippen molar-refractivity contribution >= 4 is 7.12 Å². The maximum absolute atomic E-state index is 5.14. The molecule has 40 valence electrons. The summed E-state index contributed by atoms with van der Waals surface area (Å²) in [4.78, 5) is 0. The molecule has 0 N–H and O–H groups in total. The van der Waals surface area contributed by atoms with E-state index in [0.717, 1.165) is 6.61 Å². The predicted octanol–water partition coefficient (Wildman–Crippen LogP) is 0.540. The van der Waals surface area contributed by atoms with Gasteiger partial charge in [0, 0.05) is 0 Å². The molecule has 1 atom stereocenters. The molecule has 1 heterocycles. The minimum atomic E-state index is 0.0231. The van der Waals surface area contributed by atoms with E-state index in [1.807, 2.05) is 13.7 Å². The van der Waals surface area contributed by atoms with Gasteiger partial charge in [0.15, 0.2) is 0 Å². The Morgan fingerprint density at radius 3 is 2.57 bits per heavy atom. The Bertz CT molecular complexity index is 58.7. The molecule has 0 bridgehead atoms. The van der Waals surface area contributed by atoms with Crippen LogP contribution in [0.2, 0.25) is 6.82 Å². The van der Waals surface area contributed by atoms with E-state index in [4.69, 9.17) is 9.31 Å². The van der Waals surface area contributed by atoms with Crippen molar-refractivity contribution in [3.05, 3.63) is 0 Å². The van der Waals surface area contributed by atoms with Gasteiger partial charge in [-0.3, -0.25) is 0 Å². The maximum atomic E-state index is 5.14. The van der Waals surface area contributed by atoms with Crippen molar-refractivity contribution in [3.8, 4) is 0 Å². The van der Waals surface area contributed by atoms with Crippen LogP contribution in [0, 0.1) is 0 Å². The van der Waals surface area contributed by atoms with Crippen LogP contribution in [0.15, 0.2) is 0 Å². The summed E-state index contributed by atoms with van der Waals surface area (Å²) in [6.07, 6.45) is 0.301. The normalized spacial score (nSPS) is 31.7. The Balaban J connectivity index is 2.26. The SMILES string of the molecule is CB1OCC(C)O1. The molecule has 0 radical (unpaired) electrons. The fourth-order valence-corrected chi connectivity index (χ4v) is 0.677. The Morgan fingerprint density at radius 1 is 1.71 bits per heavy atom. The summed E-state index contributed by atoms with van der Waals surface area (Å²) >= 11 is 0. The largest absolute Gasteiger partial charge is 0.453 e. The quantitative estimate of drug-likeness (QED) is 0.413. The van der Waals surface area contributed by atoms with Crippen molar-refractivity contribution in [2.45, 2.75) is 19.9 Å². The highest BCUT2D eigenvalue weighted by Crippen LogP contribution is 2.05. The minimum absolute atomic E-state index is 0.0231. The lowest BCUT2D eigenvalue weighted by atomic mass is 9.97. The van der Waals surface area contributed by atoms with Crippen LogP contribution in [0.25, 0.3) is 0 Å². The van der Waals surface area contributed by atoms with Gasteiger partial charge in [0.2, 0.25) is 0 Å². The van der Waals surface area contributed by atoms with E-state index < -0.39 is 0 Å². The monoisotopic (exact) mass is 100 g/mol. The average Bonchev–Trinajstić information content (AvgIpc) is 1.87. The minimum Gasteiger partial charge on any atom is -0.409 e. The molecule has 1 rings (SSSR count). The molecule has 2 nitrogen and oxygen atoms in total. The molecular weight excluding hydrogens is 90.9 g/mol. The van der Waals surface area contributed by atoms with Crippen LogP contribution >= 0.6 is 0 Å². The molecule has 0 amide bonds. The van der Waals surface area contributed by atoms with Crippen LogP contribution in [0.3, 0.4) is 0 Å². The summed E-state index contributed by atoms with van der Waals surface area (Å²) in [7, 11) is 0.0231. The van der Waals surface area contributed by atoms with E-state index in [2.05, 4.69) is 0 Å². The van der Waals surface area contributed by atoms with Gasteiger partial charge in [0.05, 0.1) is 12.7 Å². The fraction of sp³-hybridized carbons (Fsp3) is 1.00. The van der Waals surface area contributed by atoms with Crippen molar-refractivity contribution < 1.29 is 9.31 Å². The molecule has 7 heavy (non-hydrogen) atoms. The molecule has 1 unspecified atom stereocenters. The second kappa shape index (κ2) is 1.84. The Morgan fingerprint density at radius 2 is 2.43 bits per heavy atom. The van der Waals surface area contributed by atoms with Crippen LogP contribution in [0.5, 0.6) is 0 Å². The van der Waals surface area contributed by atoms with Gasteiger partial charge in [0.25, 0.3) is 0 Å². The Kier molecular flexibility index (Phi) is 1.35. The lowest BCUT2D eigenvalue weighted by molar-refractivity contribution is 0.257. The smallest absolute Gasteiger partial charge is 0.409 e. The van der Waals surface area contributed by atoms with Crippen LogP contribution in [0.4, 0.5) is 0 Å². The topological polar surface area (TPSA) is 18.5 Å². The van der Waals surface area contributed by atoms with Crippen molar-refractivity contribution in [3.63, 3.8) is 0 Å². The highest BCUT2D eigenvalue weighted by molar-refractivity contribution is 6.43. The standard InChI is InChI=1S/C4H9BO2/c1-4-3-6-5(2)7-4/h4H,3H2,1-2H3. The van der Waals surface area contributed by atoms with Gasteiger partial charge < -0.3 is 9.31 Å². The highest BCUT2D eigenvalue weighted by Gasteiger charge is 2.22.